The Morgan fingerprint density at radius 1 is 0.974 bits per heavy atom. The first-order valence-corrected chi connectivity index (χ1v) is 12.4. The normalized spacial score (nSPS) is 14.1. The maximum absolute atomic E-state index is 6.44. The van der Waals surface area contributed by atoms with Crippen LogP contribution in [0.5, 0.6) is 17.5 Å². The second-order valence-electron chi connectivity index (χ2n) is 8.88. The van der Waals surface area contributed by atoms with Crippen molar-refractivity contribution in [3.05, 3.63) is 119 Å². The summed E-state index contributed by atoms with van der Waals surface area (Å²) in [6.45, 7) is 2.17. The molecule has 5 heterocycles. The molecule has 0 unspecified atom stereocenters. The number of rotatable bonds is 5. The molecule has 0 N–H and O–H groups in total. The number of benzene rings is 2. The van der Waals surface area contributed by atoms with Gasteiger partial charge in [0, 0.05) is 17.4 Å². The number of pyridine rings is 1. The van der Waals surface area contributed by atoms with Crippen LogP contribution in [-0.2, 0) is 6.61 Å². The molecule has 1 atom stereocenters. The van der Waals surface area contributed by atoms with Gasteiger partial charge in [0.05, 0.1) is 28.4 Å². The zero-order valence-electron chi connectivity index (χ0n) is 20.2. The molecule has 6 aromatic rings. The summed E-state index contributed by atoms with van der Waals surface area (Å²) in [5.74, 6) is 2.01. The highest BCUT2D eigenvalue weighted by molar-refractivity contribution is 6.30. The monoisotopic (exact) mass is 521 g/mol. The second-order valence-corrected chi connectivity index (χ2v) is 9.31. The van der Waals surface area contributed by atoms with E-state index < -0.39 is 0 Å². The molecule has 0 spiro atoms. The fourth-order valence-corrected chi connectivity index (χ4v) is 4.91. The van der Waals surface area contributed by atoms with E-state index >= 15 is 0 Å². The molecule has 0 fully saturated rings. The first-order valence-electron chi connectivity index (χ1n) is 12.0. The van der Waals surface area contributed by atoms with Crippen LogP contribution in [0.4, 0.5) is 0 Å². The maximum Gasteiger partial charge on any atom is 0.230 e. The molecule has 9 nitrogen and oxygen atoms in total. The topological polar surface area (TPSA) is 92.3 Å². The summed E-state index contributed by atoms with van der Waals surface area (Å²) in [6.07, 6.45) is 5.22. The third-order valence-electron chi connectivity index (χ3n) is 6.46. The molecule has 10 heteroatoms. The predicted molar refractivity (Wildman–Crippen MR) is 140 cm³/mol. The summed E-state index contributed by atoms with van der Waals surface area (Å²) in [5.41, 5.74) is 5.09. The quantitative estimate of drug-likeness (QED) is 0.294. The smallest absolute Gasteiger partial charge is 0.230 e. The van der Waals surface area contributed by atoms with E-state index in [-0.39, 0.29) is 12.5 Å². The molecule has 7 rings (SSSR count). The summed E-state index contributed by atoms with van der Waals surface area (Å²) >= 11 is 5.98. The summed E-state index contributed by atoms with van der Waals surface area (Å²) in [5, 5.41) is 10.1. The molecular weight excluding hydrogens is 502 g/mol. The fraction of sp³-hybridized carbons (Fsp3) is 0.107. The Morgan fingerprint density at radius 3 is 2.61 bits per heavy atom. The predicted octanol–water partition coefficient (Wildman–Crippen LogP) is 5.53. The summed E-state index contributed by atoms with van der Waals surface area (Å²) < 4.78 is 15.8. The van der Waals surface area contributed by atoms with Crippen LogP contribution >= 0.6 is 11.6 Å². The number of ether oxygens (including phenoxy) is 2. The van der Waals surface area contributed by atoms with E-state index in [4.69, 9.17) is 31.2 Å². The van der Waals surface area contributed by atoms with Crippen molar-refractivity contribution >= 4 is 17.2 Å². The molecule has 2 aromatic carbocycles. The van der Waals surface area contributed by atoms with Gasteiger partial charge in [0.25, 0.3) is 0 Å². The number of hydrogen-bond donors (Lipinski definition) is 0. The van der Waals surface area contributed by atoms with Gasteiger partial charge >= 0.3 is 0 Å². The minimum absolute atomic E-state index is 0.187. The van der Waals surface area contributed by atoms with E-state index in [1.807, 2.05) is 72.4 Å². The third-order valence-corrected chi connectivity index (χ3v) is 6.72. The van der Waals surface area contributed by atoms with Crippen LogP contribution in [0.1, 0.15) is 34.1 Å². The number of fused-ring (bicyclic) bond motifs is 4. The number of halogens is 1. The van der Waals surface area contributed by atoms with Crippen molar-refractivity contribution in [2.75, 3.05) is 0 Å². The molecular formula is C28H20ClN7O2. The van der Waals surface area contributed by atoms with Crippen LogP contribution < -0.4 is 9.47 Å². The minimum atomic E-state index is -0.259. The van der Waals surface area contributed by atoms with Gasteiger partial charge in [-0.3, -0.25) is 4.98 Å². The summed E-state index contributed by atoms with van der Waals surface area (Å²) in [4.78, 5) is 13.9. The Hall–Kier alpha value is -4.76. The number of aryl methyl sites for hydroxylation is 1. The first-order chi connectivity index (χ1) is 18.7. The molecule has 0 saturated carbocycles. The molecule has 1 aliphatic heterocycles. The van der Waals surface area contributed by atoms with Gasteiger partial charge in [-0.15, -0.1) is 5.10 Å². The lowest BCUT2D eigenvalue weighted by atomic mass is 9.85. The van der Waals surface area contributed by atoms with Crippen molar-refractivity contribution in [1.29, 1.82) is 0 Å². The largest absolute Gasteiger partial charge is 0.486 e. The Labute approximate surface area is 222 Å². The lowest BCUT2D eigenvalue weighted by Crippen LogP contribution is -2.16. The van der Waals surface area contributed by atoms with Crippen LogP contribution in [-0.4, -0.2) is 34.3 Å². The van der Waals surface area contributed by atoms with E-state index in [9.17, 15) is 0 Å². The lowest BCUT2D eigenvalue weighted by molar-refractivity contribution is 0.296. The van der Waals surface area contributed by atoms with Crippen molar-refractivity contribution in [2.24, 2.45) is 0 Å². The SMILES string of the molecule is Cc1nn(-c2ccccc2)c2c1[C@@H](c1cccnc1)c1c(ncn3nc(COc4ccc(Cl)cc4)nc13)O2. The van der Waals surface area contributed by atoms with Crippen molar-refractivity contribution in [3.8, 4) is 23.2 Å². The van der Waals surface area contributed by atoms with Gasteiger partial charge in [0.2, 0.25) is 11.8 Å². The highest BCUT2D eigenvalue weighted by Crippen LogP contribution is 2.49. The van der Waals surface area contributed by atoms with E-state index in [1.165, 1.54) is 0 Å². The van der Waals surface area contributed by atoms with E-state index in [2.05, 4.69) is 15.1 Å². The van der Waals surface area contributed by atoms with Gasteiger partial charge in [0.1, 0.15) is 18.7 Å². The number of para-hydroxylation sites is 1. The molecule has 0 aliphatic carbocycles. The Kier molecular flexibility index (Phi) is 5.29. The van der Waals surface area contributed by atoms with Crippen LogP contribution in [0.3, 0.4) is 0 Å². The lowest BCUT2D eigenvalue weighted by Gasteiger charge is -2.26. The van der Waals surface area contributed by atoms with Crippen LogP contribution in [0, 0.1) is 6.92 Å². The third kappa shape index (κ3) is 3.75. The molecule has 38 heavy (non-hydrogen) atoms. The van der Waals surface area contributed by atoms with Crippen molar-refractivity contribution < 1.29 is 9.47 Å². The van der Waals surface area contributed by atoms with E-state index in [0.717, 1.165) is 28.1 Å². The van der Waals surface area contributed by atoms with Gasteiger partial charge in [-0.2, -0.15) is 5.10 Å². The Morgan fingerprint density at radius 2 is 1.82 bits per heavy atom. The maximum atomic E-state index is 6.44. The zero-order chi connectivity index (χ0) is 25.6. The Balaban J connectivity index is 1.36. The molecule has 0 saturated heterocycles. The zero-order valence-corrected chi connectivity index (χ0v) is 20.9. The van der Waals surface area contributed by atoms with Gasteiger partial charge < -0.3 is 9.47 Å². The second kappa shape index (κ2) is 8.97. The molecule has 0 amide bonds. The van der Waals surface area contributed by atoms with Crippen LogP contribution in [0.15, 0.2) is 85.5 Å². The Bertz CT molecular complexity index is 1770. The molecule has 186 valence electrons. The minimum Gasteiger partial charge on any atom is -0.486 e. The average molecular weight is 522 g/mol. The van der Waals surface area contributed by atoms with Gasteiger partial charge in [0.15, 0.2) is 11.5 Å². The van der Waals surface area contributed by atoms with Gasteiger partial charge in [-0.05, 0) is 55.0 Å². The molecule has 0 bridgehead atoms. The van der Waals surface area contributed by atoms with Crippen LogP contribution in [0.25, 0.3) is 11.3 Å². The summed E-state index contributed by atoms with van der Waals surface area (Å²) in [7, 11) is 0. The summed E-state index contributed by atoms with van der Waals surface area (Å²) in [6, 6.07) is 21.0. The fourth-order valence-electron chi connectivity index (χ4n) is 4.79. The first kappa shape index (κ1) is 22.4. The van der Waals surface area contributed by atoms with Crippen LogP contribution in [0.2, 0.25) is 5.02 Å². The highest BCUT2D eigenvalue weighted by Gasteiger charge is 2.38. The van der Waals surface area contributed by atoms with Gasteiger partial charge in [-0.25, -0.2) is 19.2 Å². The number of hydrogen-bond acceptors (Lipinski definition) is 7. The van der Waals surface area contributed by atoms with E-state index in [0.29, 0.717) is 34.0 Å². The number of aromatic nitrogens is 7. The van der Waals surface area contributed by atoms with Crippen molar-refractivity contribution in [3.63, 3.8) is 0 Å². The van der Waals surface area contributed by atoms with Crippen molar-refractivity contribution in [2.45, 2.75) is 19.4 Å². The van der Waals surface area contributed by atoms with E-state index in [1.54, 1.807) is 29.2 Å². The molecule has 4 aromatic heterocycles. The number of nitrogens with zero attached hydrogens (tertiary/aromatic N) is 7. The highest BCUT2D eigenvalue weighted by atomic mass is 35.5. The van der Waals surface area contributed by atoms with Gasteiger partial charge in [-0.1, -0.05) is 35.9 Å². The molecule has 1 aliphatic rings. The molecule has 0 radical (unpaired) electrons. The standard InChI is InChI=1S/C28H20ClN7O2/c1-17-23-24(18-6-5-13-30-14-18)25-26-32-22(15-37-21-11-9-19(29)10-12-21)34-35(26)16-31-27(25)38-28(23)36(33-17)20-7-3-2-4-8-20/h2-14,16,24H,15H2,1H3/t24-/m1/s1. The average Bonchev–Trinajstić information content (AvgIpc) is 3.53. The van der Waals surface area contributed by atoms with Crippen molar-refractivity contribution in [1.82, 2.24) is 34.3 Å².